The molecule has 0 unspecified atom stereocenters. The summed E-state index contributed by atoms with van der Waals surface area (Å²) in [6.07, 6.45) is 1.47. The normalized spacial score (nSPS) is 10.2. The molecule has 0 saturated carbocycles. The number of benzene rings is 1. The predicted molar refractivity (Wildman–Crippen MR) is 72.1 cm³/mol. The second-order valence-electron chi connectivity index (χ2n) is 3.49. The van der Waals surface area contributed by atoms with Gasteiger partial charge in [0.2, 0.25) is 0 Å². The zero-order chi connectivity index (χ0) is 13.8. The van der Waals surface area contributed by atoms with Crippen molar-refractivity contribution in [1.29, 1.82) is 0 Å². The maximum absolute atomic E-state index is 13.5. The number of carbonyl (C=O) groups is 1. The van der Waals surface area contributed by atoms with Gasteiger partial charge in [0, 0.05) is 23.2 Å². The van der Waals surface area contributed by atoms with E-state index < -0.39 is 11.8 Å². The van der Waals surface area contributed by atoms with Gasteiger partial charge < -0.3 is 9.83 Å². The van der Waals surface area contributed by atoms with Crippen molar-refractivity contribution in [2.45, 2.75) is 5.03 Å². The average Bonchev–Trinajstić information content (AvgIpc) is 2.38. The van der Waals surface area contributed by atoms with Crippen molar-refractivity contribution >= 4 is 35.2 Å². The summed E-state index contributed by atoms with van der Waals surface area (Å²) in [6, 6.07) is 7.12. The lowest BCUT2D eigenvalue weighted by atomic mass is 10.3. The van der Waals surface area contributed by atoms with E-state index in [0.29, 0.717) is 0 Å². The number of aromatic nitrogens is 1. The quantitative estimate of drug-likeness (QED) is 0.843. The first-order valence-corrected chi connectivity index (χ1v) is 6.33. The topological polar surface area (TPSA) is 62.2 Å². The van der Waals surface area contributed by atoms with Gasteiger partial charge in [-0.1, -0.05) is 11.6 Å². The zero-order valence-corrected chi connectivity index (χ0v) is 11.0. The summed E-state index contributed by atoms with van der Waals surface area (Å²) in [4.78, 5) is 14.9. The highest BCUT2D eigenvalue weighted by molar-refractivity contribution is 8.00. The van der Waals surface area contributed by atoms with Crippen molar-refractivity contribution in [3.8, 4) is 0 Å². The fourth-order valence-corrected chi connectivity index (χ4v) is 2.22. The lowest BCUT2D eigenvalue weighted by Crippen LogP contribution is -2.02. The summed E-state index contributed by atoms with van der Waals surface area (Å²) < 4.78 is 16.2. The molecule has 0 aliphatic heterocycles. The molecule has 19 heavy (non-hydrogen) atoms. The monoisotopic (exact) mass is 298 g/mol. The summed E-state index contributed by atoms with van der Waals surface area (Å²) >= 11 is 6.56. The smallest absolute Gasteiger partial charge is 0.338 e. The van der Waals surface area contributed by atoms with Gasteiger partial charge in [-0.05, 0) is 30.3 Å². The van der Waals surface area contributed by atoms with Crippen LogP contribution in [0.4, 0.5) is 10.1 Å². The molecule has 1 aromatic heterocycles. The Morgan fingerprint density at radius 2 is 2.21 bits per heavy atom. The number of pyridine rings is 1. The van der Waals surface area contributed by atoms with Crippen molar-refractivity contribution in [2.75, 3.05) is 4.72 Å². The molecule has 2 aromatic rings. The Balaban J connectivity index is 2.17. The van der Waals surface area contributed by atoms with Crippen LogP contribution < -0.4 is 4.72 Å². The maximum Gasteiger partial charge on any atom is 0.338 e. The number of halogens is 2. The van der Waals surface area contributed by atoms with E-state index in [2.05, 4.69) is 9.71 Å². The van der Waals surface area contributed by atoms with Crippen LogP contribution in [0.2, 0.25) is 5.02 Å². The van der Waals surface area contributed by atoms with E-state index >= 15 is 0 Å². The van der Waals surface area contributed by atoms with Gasteiger partial charge in [0.15, 0.2) is 0 Å². The van der Waals surface area contributed by atoms with E-state index in [1.807, 2.05) is 0 Å². The molecule has 0 bridgehead atoms. The summed E-state index contributed by atoms with van der Waals surface area (Å²) in [5.41, 5.74) is 0.255. The largest absolute Gasteiger partial charge is 0.478 e. The Morgan fingerprint density at radius 3 is 2.89 bits per heavy atom. The van der Waals surface area contributed by atoms with Gasteiger partial charge in [-0.15, -0.1) is 0 Å². The number of rotatable bonds is 4. The number of carboxylic acid groups (broad SMARTS) is 1. The first-order chi connectivity index (χ1) is 9.08. The molecule has 0 saturated heterocycles. The molecule has 2 N–H and O–H groups in total. The van der Waals surface area contributed by atoms with E-state index in [9.17, 15) is 9.18 Å². The highest BCUT2D eigenvalue weighted by Gasteiger charge is 2.12. The number of hydrogen-bond acceptors (Lipinski definition) is 4. The fraction of sp³-hybridized carbons (Fsp3) is 0. The number of anilines is 1. The third-order valence-electron chi connectivity index (χ3n) is 2.19. The van der Waals surface area contributed by atoms with Crippen LogP contribution in [-0.2, 0) is 0 Å². The van der Waals surface area contributed by atoms with Crippen LogP contribution in [0.5, 0.6) is 0 Å². The summed E-state index contributed by atoms with van der Waals surface area (Å²) in [5.74, 6) is -1.61. The summed E-state index contributed by atoms with van der Waals surface area (Å²) in [7, 11) is 0. The molecule has 4 nitrogen and oxygen atoms in total. The average molecular weight is 299 g/mol. The fourth-order valence-electron chi connectivity index (χ4n) is 1.31. The number of nitrogens with zero attached hydrogens (tertiary/aromatic N) is 1. The van der Waals surface area contributed by atoms with Crippen LogP contribution in [0.1, 0.15) is 10.4 Å². The molecule has 1 heterocycles. The Morgan fingerprint density at radius 1 is 1.42 bits per heavy atom. The van der Waals surface area contributed by atoms with Gasteiger partial charge in [0.1, 0.15) is 10.8 Å². The standard InChI is InChI=1S/C12H8ClFN2O2S/c13-7-3-4-10(9(14)6-7)16-19-11-8(12(17)18)2-1-5-15-11/h1-6,16H,(H,17,18). The van der Waals surface area contributed by atoms with E-state index in [-0.39, 0.29) is 21.3 Å². The molecule has 0 aliphatic carbocycles. The minimum atomic E-state index is -1.09. The summed E-state index contributed by atoms with van der Waals surface area (Å²) in [5, 5.41) is 9.52. The Hall–Kier alpha value is -1.79. The van der Waals surface area contributed by atoms with E-state index in [1.54, 1.807) is 0 Å². The highest BCUT2D eigenvalue weighted by atomic mass is 35.5. The Bertz CT molecular complexity index is 624. The molecule has 0 aliphatic rings. The molecule has 0 radical (unpaired) electrons. The molecular weight excluding hydrogens is 291 g/mol. The molecule has 0 amide bonds. The van der Waals surface area contributed by atoms with Crippen molar-refractivity contribution < 1.29 is 14.3 Å². The third-order valence-corrected chi connectivity index (χ3v) is 3.27. The minimum absolute atomic E-state index is 0.0503. The second kappa shape index (κ2) is 5.90. The zero-order valence-electron chi connectivity index (χ0n) is 9.43. The predicted octanol–water partition coefficient (Wildman–Crippen LogP) is 3.69. The molecular formula is C12H8ClFN2O2S. The van der Waals surface area contributed by atoms with Gasteiger partial charge in [0.05, 0.1) is 11.3 Å². The Labute approximate surface area is 117 Å². The van der Waals surface area contributed by atoms with Gasteiger partial charge >= 0.3 is 5.97 Å². The number of aromatic carboxylic acids is 1. The molecule has 0 atom stereocenters. The first kappa shape index (κ1) is 13.6. The van der Waals surface area contributed by atoms with Crippen LogP contribution in [0.25, 0.3) is 0 Å². The molecule has 0 spiro atoms. The SMILES string of the molecule is O=C(O)c1cccnc1SNc1ccc(Cl)cc1F. The van der Waals surface area contributed by atoms with Gasteiger partial charge in [-0.25, -0.2) is 14.2 Å². The molecule has 2 rings (SSSR count). The molecule has 7 heteroatoms. The third kappa shape index (κ3) is 3.36. The lowest BCUT2D eigenvalue weighted by Gasteiger charge is -2.07. The van der Waals surface area contributed by atoms with Gasteiger partial charge in [0.25, 0.3) is 0 Å². The van der Waals surface area contributed by atoms with Crippen molar-refractivity contribution in [1.82, 2.24) is 4.98 Å². The molecule has 0 fully saturated rings. The van der Waals surface area contributed by atoms with Crippen molar-refractivity contribution in [3.05, 3.63) is 52.9 Å². The Kier molecular flexibility index (Phi) is 4.24. The van der Waals surface area contributed by atoms with Crippen LogP contribution in [-0.4, -0.2) is 16.1 Å². The van der Waals surface area contributed by atoms with Gasteiger partial charge in [-0.3, -0.25) is 0 Å². The first-order valence-electron chi connectivity index (χ1n) is 5.14. The highest BCUT2D eigenvalue weighted by Crippen LogP contribution is 2.26. The van der Waals surface area contributed by atoms with Crippen LogP contribution in [0.15, 0.2) is 41.6 Å². The van der Waals surface area contributed by atoms with Crippen LogP contribution in [0.3, 0.4) is 0 Å². The van der Waals surface area contributed by atoms with Gasteiger partial charge in [-0.2, -0.15) is 0 Å². The minimum Gasteiger partial charge on any atom is -0.478 e. The van der Waals surface area contributed by atoms with Crippen LogP contribution >= 0.6 is 23.5 Å². The number of nitrogens with one attached hydrogen (secondary N) is 1. The van der Waals surface area contributed by atoms with E-state index in [4.69, 9.17) is 16.7 Å². The van der Waals surface area contributed by atoms with Crippen molar-refractivity contribution in [3.63, 3.8) is 0 Å². The van der Waals surface area contributed by atoms with E-state index in [0.717, 1.165) is 11.9 Å². The van der Waals surface area contributed by atoms with Crippen LogP contribution in [0, 0.1) is 5.82 Å². The number of carboxylic acids is 1. The number of hydrogen-bond donors (Lipinski definition) is 2. The lowest BCUT2D eigenvalue weighted by molar-refractivity contribution is 0.0692. The molecule has 1 aromatic carbocycles. The second-order valence-corrected chi connectivity index (χ2v) is 4.72. The maximum atomic E-state index is 13.5. The summed E-state index contributed by atoms with van der Waals surface area (Å²) in [6.45, 7) is 0. The van der Waals surface area contributed by atoms with Crippen molar-refractivity contribution in [2.24, 2.45) is 0 Å². The molecule has 98 valence electrons. The van der Waals surface area contributed by atoms with E-state index in [1.165, 1.54) is 36.5 Å².